The van der Waals surface area contributed by atoms with Crippen molar-refractivity contribution in [1.29, 1.82) is 0 Å². The minimum atomic E-state index is -0.346. The summed E-state index contributed by atoms with van der Waals surface area (Å²) in [6, 6.07) is 13.7. The molecule has 5 heteroatoms. The van der Waals surface area contributed by atoms with Gasteiger partial charge in [-0.1, -0.05) is 22.7 Å². The van der Waals surface area contributed by atoms with E-state index in [4.69, 9.17) is 0 Å². The van der Waals surface area contributed by atoms with Crippen LogP contribution in [0.2, 0.25) is 0 Å². The first-order valence-corrected chi connectivity index (χ1v) is 6.91. The molecule has 4 rings (SSSR count). The average Bonchev–Trinajstić information content (AvgIpc) is 3.08. The van der Waals surface area contributed by atoms with Gasteiger partial charge in [-0.25, -0.2) is 0 Å². The van der Waals surface area contributed by atoms with Gasteiger partial charge in [0.2, 0.25) is 5.78 Å². The van der Waals surface area contributed by atoms with Crippen molar-refractivity contribution < 1.29 is 9.28 Å². The van der Waals surface area contributed by atoms with Gasteiger partial charge in [-0.2, -0.15) is 9.89 Å². The predicted octanol–water partition coefficient (Wildman–Crippen LogP) is 3.79. The number of carbonyl (C=O) groups is 1. The van der Waals surface area contributed by atoms with Crippen LogP contribution >= 0.6 is 0 Å². The fourth-order valence-corrected chi connectivity index (χ4v) is 2.70. The number of H-pyrrole nitrogens is 1. The van der Waals surface area contributed by atoms with Gasteiger partial charge in [0.05, 0.1) is 11.0 Å². The first-order valence-electron chi connectivity index (χ1n) is 6.91. The van der Waals surface area contributed by atoms with E-state index in [1.165, 1.54) is 0 Å². The van der Waals surface area contributed by atoms with Crippen molar-refractivity contribution in [1.82, 2.24) is 15.0 Å². The maximum Gasteiger partial charge on any atom is 0.212 e. The van der Waals surface area contributed by atoms with Crippen molar-refractivity contribution in [3.05, 3.63) is 65.5 Å². The minimum absolute atomic E-state index is 0.0293. The Labute approximate surface area is 125 Å². The number of nitrogens with zero attached hydrogens (tertiary/aromatic N) is 2. The zero-order valence-corrected chi connectivity index (χ0v) is 11.8. The molecule has 0 saturated heterocycles. The number of aromatic amines is 1. The van der Waals surface area contributed by atoms with Crippen LogP contribution in [0.3, 0.4) is 0 Å². The Kier molecular flexibility index (Phi) is 2.63. The summed E-state index contributed by atoms with van der Waals surface area (Å²) in [6.45, 7) is 1.88. The fourth-order valence-electron chi connectivity index (χ4n) is 2.70. The van der Waals surface area contributed by atoms with Crippen molar-refractivity contribution in [2.75, 3.05) is 0 Å². The zero-order valence-electron chi connectivity index (χ0n) is 11.8. The van der Waals surface area contributed by atoms with E-state index in [0.717, 1.165) is 16.6 Å². The molecule has 22 heavy (non-hydrogen) atoms. The molecule has 2 aromatic carbocycles. The van der Waals surface area contributed by atoms with Gasteiger partial charge in [0, 0.05) is 22.0 Å². The van der Waals surface area contributed by atoms with Crippen molar-refractivity contribution in [3.63, 3.8) is 0 Å². The van der Waals surface area contributed by atoms with Crippen molar-refractivity contribution in [2.45, 2.75) is 6.92 Å². The second kappa shape index (κ2) is 4.53. The number of hydrogen-bond donors (Lipinski definition) is 1. The number of halogens is 1. The molecule has 4 aromatic rings. The number of ketones is 1. The molecule has 0 aliphatic rings. The zero-order chi connectivity index (χ0) is 15.3. The number of benzene rings is 2. The monoisotopic (exact) mass is 293 g/mol. The third-order valence-corrected chi connectivity index (χ3v) is 3.89. The number of hydrogen-bond acceptors (Lipinski definition) is 2. The molecule has 0 fully saturated rings. The smallest absolute Gasteiger partial charge is 0.212 e. The van der Waals surface area contributed by atoms with Gasteiger partial charge in [-0.3, -0.25) is 9.89 Å². The Morgan fingerprint density at radius 3 is 2.82 bits per heavy atom. The molecule has 0 aliphatic carbocycles. The lowest BCUT2D eigenvalue weighted by Crippen LogP contribution is -2.05. The van der Waals surface area contributed by atoms with Gasteiger partial charge in [0.15, 0.2) is 0 Å². The average molecular weight is 293 g/mol. The van der Waals surface area contributed by atoms with Crippen LogP contribution in [-0.2, 0) is 0 Å². The molecule has 1 N–H and O–H groups in total. The number of aryl methyl sites for hydroxylation is 1. The lowest BCUT2D eigenvalue weighted by atomic mass is 10.1. The second-order valence-electron chi connectivity index (χ2n) is 5.28. The van der Waals surface area contributed by atoms with Crippen LogP contribution < -0.4 is 0 Å². The van der Waals surface area contributed by atoms with E-state index in [-0.39, 0.29) is 11.5 Å². The second-order valence-corrected chi connectivity index (χ2v) is 5.28. The largest absolute Gasteiger partial charge is 0.287 e. The Balaban J connectivity index is 1.87. The molecule has 2 heterocycles. The van der Waals surface area contributed by atoms with Crippen molar-refractivity contribution in [3.8, 4) is 0 Å². The van der Waals surface area contributed by atoms with E-state index < -0.39 is 0 Å². The third-order valence-electron chi connectivity index (χ3n) is 3.89. The van der Waals surface area contributed by atoms with E-state index in [1.807, 2.05) is 13.0 Å². The van der Waals surface area contributed by atoms with Gasteiger partial charge >= 0.3 is 0 Å². The first kappa shape index (κ1) is 12.8. The quantitative estimate of drug-likeness (QED) is 0.572. The Bertz CT molecular complexity index is 1030. The summed E-state index contributed by atoms with van der Waals surface area (Å²) >= 11 is 0. The van der Waals surface area contributed by atoms with E-state index >= 15 is 0 Å². The Morgan fingerprint density at radius 2 is 2.00 bits per heavy atom. The van der Waals surface area contributed by atoms with E-state index in [1.54, 1.807) is 42.5 Å². The summed E-state index contributed by atoms with van der Waals surface area (Å²) in [7, 11) is 0. The highest BCUT2D eigenvalue weighted by Crippen LogP contribution is 2.24. The summed E-state index contributed by atoms with van der Waals surface area (Å²) in [5, 5.41) is 8.57. The molecule has 0 spiro atoms. The third kappa shape index (κ3) is 1.75. The molecular weight excluding hydrogens is 281 g/mol. The van der Waals surface area contributed by atoms with Crippen LogP contribution in [0.15, 0.2) is 48.5 Å². The summed E-state index contributed by atoms with van der Waals surface area (Å²) in [6.07, 6.45) is 0. The van der Waals surface area contributed by atoms with Crippen LogP contribution in [-0.4, -0.2) is 20.8 Å². The summed E-state index contributed by atoms with van der Waals surface area (Å²) in [5.41, 5.74) is 2.53. The summed E-state index contributed by atoms with van der Waals surface area (Å²) in [5.74, 6) is -0.346. The highest BCUT2D eigenvalue weighted by Gasteiger charge is 2.18. The van der Waals surface area contributed by atoms with Crippen LogP contribution in [0.1, 0.15) is 21.7 Å². The lowest BCUT2D eigenvalue weighted by molar-refractivity contribution is 0.102. The van der Waals surface area contributed by atoms with Crippen molar-refractivity contribution >= 4 is 27.6 Å². The lowest BCUT2D eigenvalue weighted by Gasteiger charge is -2.01. The van der Waals surface area contributed by atoms with Gasteiger partial charge in [0.1, 0.15) is 5.69 Å². The van der Waals surface area contributed by atoms with Gasteiger partial charge in [-0.15, -0.1) is 0 Å². The Hall–Kier alpha value is -2.95. The van der Waals surface area contributed by atoms with Crippen LogP contribution in [0.5, 0.6) is 0 Å². The highest BCUT2D eigenvalue weighted by atomic mass is 19.2. The summed E-state index contributed by atoms with van der Waals surface area (Å²) < 4.78 is 14.4. The minimum Gasteiger partial charge on any atom is -0.287 e. The predicted molar refractivity (Wildman–Crippen MR) is 82.7 cm³/mol. The Morgan fingerprint density at radius 1 is 1.18 bits per heavy atom. The van der Waals surface area contributed by atoms with Crippen molar-refractivity contribution in [2.24, 2.45) is 0 Å². The maximum absolute atomic E-state index is 14.4. The number of fused-ring (bicyclic) bond motifs is 2. The van der Waals surface area contributed by atoms with Gasteiger partial charge in [-0.05, 0) is 37.3 Å². The van der Waals surface area contributed by atoms with Gasteiger partial charge in [0.25, 0.3) is 0 Å². The molecular formula is C17H12FN3O. The van der Waals surface area contributed by atoms with E-state index in [0.29, 0.717) is 21.3 Å². The van der Waals surface area contributed by atoms with Crippen LogP contribution in [0.4, 0.5) is 4.48 Å². The fraction of sp³-hybridized carbons (Fsp3) is 0.0588. The molecule has 0 radical (unpaired) electrons. The van der Waals surface area contributed by atoms with Gasteiger partial charge < -0.3 is 0 Å². The van der Waals surface area contributed by atoms with E-state index in [2.05, 4.69) is 10.2 Å². The molecule has 0 bridgehead atoms. The van der Waals surface area contributed by atoms with Crippen LogP contribution in [0.25, 0.3) is 21.8 Å². The number of para-hydroxylation sites is 1. The molecule has 2 aromatic heterocycles. The van der Waals surface area contributed by atoms with Crippen LogP contribution in [0, 0.1) is 6.92 Å². The highest BCUT2D eigenvalue weighted by molar-refractivity contribution is 6.11. The molecule has 108 valence electrons. The number of nitrogens with one attached hydrogen (secondary N) is 1. The maximum atomic E-state index is 14.4. The number of carbonyl (C=O) groups excluding carboxylic acids is 1. The standard InChI is InChI=1S/C17H12FN3O/c1-10-13-8-12(6-7-14(13)20-19-10)17(22)16-9-11-4-2-3-5-15(11)21(16)18/h2-9H,1H3,(H,19,20). The number of aromatic nitrogens is 3. The SMILES string of the molecule is Cc1[nH]nc2ccc(C(=O)c3cc4ccccc4n3F)cc12. The topological polar surface area (TPSA) is 50.7 Å². The normalized spacial score (nSPS) is 11.4. The molecule has 0 unspecified atom stereocenters. The summed E-state index contributed by atoms with van der Waals surface area (Å²) in [4.78, 5) is 13.1. The molecule has 0 amide bonds. The molecule has 0 saturated carbocycles. The molecule has 0 aliphatic heterocycles. The molecule has 4 nitrogen and oxygen atoms in total. The number of rotatable bonds is 2. The first-order chi connectivity index (χ1) is 10.6. The molecule has 0 atom stereocenters. The van der Waals surface area contributed by atoms with E-state index in [9.17, 15) is 9.28 Å².